The molecule has 4 heteroatoms. The Labute approximate surface area is 176 Å². The van der Waals surface area contributed by atoms with Crippen molar-refractivity contribution in [3.05, 3.63) is 95.6 Å². The summed E-state index contributed by atoms with van der Waals surface area (Å²) >= 11 is 1.74. The first-order valence-corrected chi connectivity index (χ1v) is 10.8. The molecule has 1 heterocycles. The summed E-state index contributed by atoms with van der Waals surface area (Å²) in [6.07, 6.45) is 0.363. The summed E-state index contributed by atoms with van der Waals surface area (Å²) in [7, 11) is 0. The normalized spacial score (nSPS) is 16.4. The molecule has 0 fully saturated rings. The second-order valence-electron chi connectivity index (χ2n) is 7.91. The maximum absolute atomic E-state index is 13.5. The number of fused-ring (bicyclic) bond motifs is 1. The Morgan fingerprint density at radius 2 is 1.69 bits per heavy atom. The van der Waals surface area contributed by atoms with Crippen LogP contribution in [0.4, 0.5) is 5.69 Å². The van der Waals surface area contributed by atoms with Gasteiger partial charge in [-0.2, -0.15) is 0 Å². The second-order valence-corrected chi connectivity index (χ2v) is 8.97. The van der Waals surface area contributed by atoms with Gasteiger partial charge >= 0.3 is 0 Å². The molecular weight excluding hydrogens is 378 g/mol. The predicted molar refractivity (Wildman–Crippen MR) is 119 cm³/mol. The van der Waals surface area contributed by atoms with Gasteiger partial charge in [0.25, 0.3) is 0 Å². The van der Waals surface area contributed by atoms with Crippen LogP contribution in [0.3, 0.4) is 0 Å². The third-order valence-corrected chi connectivity index (χ3v) is 6.41. The van der Waals surface area contributed by atoms with E-state index in [9.17, 15) is 9.90 Å². The Morgan fingerprint density at radius 1 is 1.03 bits per heavy atom. The molecule has 148 valence electrons. The Morgan fingerprint density at radius 3 is 2.34 bits per heavy atom. The minimum absolute atomic E-state index is 0.0158. The highest BCUT2D eigenvalue weighted by atomic mass is 32.2. The van der Waals surface area contributed by atoms with Gasteiger partial charge in [-0.25, -0.2) is 0 Å². The van der Waals surface area contributed by atoms with Gasteiger partial charge in [0.2, 0.25) is 5.91 Å². The van der Waals surface area contributed by atoms with E-state index in [-0.39, 0.29) is 11.9 Å². The number of amides is 1. The van der Waals surface area contributed by atoms with Crippen molar-refractivity contribution in [2.45, 2.75) is 36.8 Å². The van der Waals surface area contributed by atoms with Crippen LogP contribution in [0.15, 0.2) is 83.8 Å². The van der Waals surface area contributed by atoms with Crippen molar-refractivity contribution in [3.63, 3.8) is 0 Å². The summed E-state index contributed by atoms with van der Waals surface area (Å²) in [5, 5.41) is 10.4. The summed E-state index contributed by atoms with van der Waals surface area (Å²) in [5.74, 6) is 0.870. The van der Waals surface area contributed by atoms with E-state index in [1.807, 2.05) is 71.6 Å². The van der Waals surface area contributed by atoms with E-state index in [1.54, 1.807) is 25.6 Å². The highest BCUT2D eigenvalue weighted by Crippen LogP contribution is 2.44. The summed E-state index contributed by atoms with van der Waals surface area (Å²) in [6.45, 7) is 3.57. The average Bonchev–Trinajstić information content (AvgIpc) is 2.73. The number of carbonyl (C=O) groups excluding carboxylic acids is 1. The van der Waals surface area contributed by atoms with Crippen molar-refractivity contribution in [2.75, 3.05) is 10.7 Å². The number of aliphatic hydroxyl groups is 1. The van der Waals surface area contributed by atoms with E-state index in [1.165, 1.54) is 0 Å². The van der Waals surface area contributed by atoms with Crippen molar-refractivity contribution in [1.29, 1.82) is 0 Å². The lowest BCUT2D eigenvalue weighted by atomic mass is 9.97. The number of benzene rings is 3. The SMILES string of the molecule is CC(C)(O)c1ccc2c(c1)SCC(c1ccccc1)N2C(=O)Cc1ccccc1. The first-order chi connectivity index (χ1) is 13.9. The summed E-state index contributed by atoms with van der Waals surface area (Å²) in [4.78, 5) is 16.4. The topological polar surface area (TPSA) is 40.5 Å². The van der Waals surface area contributed by atoms with Crippen molar-refractivity contribution in [3.8, 4) is 0 Å². The zero-order valence-corrected chi connectivity index (χ0v) is 17.5. The molecule has 1 N–H and O–H groups in total. The maximum atomic E-state index is 13.5. The van der Waals surface area contributed by atoms with Crippen LogP contribution < -0.4 is 4.90 Å². The lowest BCUT2D eigenvalue weighted by molar-refractivity contribution is -0.118. The van der Waals surface area contributed by atoms with Gasteiger partial charge in [0.15, 0.2) is 0 Å². The molecule has 0 radical (unpaired) electrons. The molecule has 0 spiro atoms. The molecule has 1 aliphatic heterocycles. The number of anilines is 1. The van der Waals surface area contributed by atoms with Crippen LogP contribution in [0.2, 0.25) is 0 Å². The molecule has 4 rings (SSSR count). The van der Waals surface area contributed by atoms with Gasteiger partial charge in [0, 0.05) is 10.6 Å². The number of hydrogen-bond acceptors (Lipinski definition) is 3. The van der Waals surface area contributed by atoms with E-state index in [0.717, 1.165) is 33.0 Å². The molecule has 1 aliphatic rings. The van der Waals surface area contributed by atoms with Gasteiger partial charge in [-0.3, -0.25) is 4.79 Å². The van der Waals surface area contributed by atoms with Gasteiger partial charge in [0.05, 0.1) is 23.8 Å². The highest BCUT2D eigenvalue weighted by Gasteiger charge is 2.33. The quantitative estimate of drug-likeness (QED) is 0.639. The van der Waals surface area contributed by atoms with E-state index < -0.39 is 5.60 Å². The van der Waals surface area contributed by atoms with E-state index in [4.69, 9.17) is 0 Å². The number of hydrogen-bond donors (Lipinski definition) is 1. The fourth-order valence-corrected chi connectivity index (χ4v) is 4.91. The molecule has 3 aromatic carbocycles. The summed E-state index contributed by atoms with van der Waals surface area (Å²) in [5.41, 5.74) is 3.02. The van der Waals surface area contributed by atoms with Crippen LogP contribution >= 0.6 is 11.8 Å². The number of nitrogens with zero attached hydrogens (tertiary/aromatic N) is 1. The minimum Gasteiger partial charge on any atom is -0.386 e. The molecule has 0 aromatic heterocycles. The van der Waals surface area contributed by atoms with Crippen molar-refractivity contribution in [1.82, 2.24) is 0 Å². The number of rotatable bonds is 4. The third kappa shape index (κ3) is 4.24. The fourth-order valence-electron chi connectivity index (χ4n) is 3.70. The molecule has 0 saturated heterocycles. The third-order valence-electron chi connectivity index (χ3n) is 5.29. The van der Waals surface area contributed by atoms with Gasteiger partial charge in [0.1, 0.15) is 0 Å². The molecule has 1 amide bonds. The van der Waals surface area contributed by atoms with Crippen LogP contribution in [-0.2, 0) is 16.8 Å². The number of thioether (sulfide) groups is 1. The molecule has 0 bridgehead atoms. The summed E-state index contributed by atoms with van der Waals surface area (Å²) in [6, 6.07) is 26.0. The largest absolute Gasteiger partial charge is 0.386 e. The van der Waals surface area contributed by atoms with Gasteiger partial charge in [-0.1, -0.05) is 66.7 Å². The monoisotopic (exact) mass is 403 g/mol. The van der Waals surface area contributed by atoms with Crippen LogP contribution in [-0.4, -0.2) is 16.8 Å². The standard InChI is InChI=1S/C25H25NO2S/c1-25(2,28)20-13-14-21-23(16-20)29-17-22(19-11-7-4-8-12-19)26(21)24(27)15-18-9-5-3-6-10-18/h3-14,16,22,28H,15,17H2,1-2H3. The fraction of sp³-hybridized carbons (Fsp3) is 0.240. The van der Waals surface area contributed by atoms with Crippen LogP contribution in [0.25, 0.3) is 0 Å². The van der Waals surface area contributed by atoms with Gasteiger partial charge in [-0.05, 0) is 42.7 Å². The molecule has 1 atom stereocenters. The van der Waals surface area contributed by atoms with Gasteiger partial charge in [-0.15, -0.1) is 11.8 Å². The first kappa shape index (κ1) is 19.7. The lowest BCUT2D eigenvalue weighted by Crippen LogP contribution is -2.39. The molecule has 29 heavy (non-hydrogen) atoms. The molecule has 3 aromatic rings. The van der Waals surface area contributed by atoms with E-state index in [2.05, 4.69) is 12.1 Å². The van der Waals surface area contributed by atoms with Crippen LogP contribution in [0, 0.1) is 0 Å². The van der Waals surface area contributed by atoms with Crippen molar-refractivity contribution in [2.24, 2.45) is 0 Å². The Bertz CT molecular complexity index is 996. The Kier molecular flexibility index (Phi) is 5.48. The zero-order chi connectivity index (χ0) is 20.4. The van der Waals surface area contributed by atoms with Crippen molar-refractivity contribution >= 4 is 23.4 Å². The highest BCUT2D eigenvalue weighted by molar-refractivity contribution is 7.99. The van der Waals surface area contributed by atoms with Crippen molar-refractivity contribution < 1.29 is 9.90 Å². The molecule has 0 aliphatic carbocycles. The molecular formula is C25H25NO2S. The predicted octanol–water partition coefficient (Wildman–Crippen LogP) is 5.34. The zero-order valence-electron chi connectivity index (χ0n) is 16.7. The molecule has 0 saturated carbocycles. The van der Waals surface area contributed by atoms with E-state index in [0.29, 0.717) is 6.42 Å². The second kappa shape index (κ2) is 8.05. The first-order valence-electron chi connectivity index (χ1n) is 9.84. The van der Waals surface area contributed by atoms with Gasteiger partial charge < -0.3 is 10.0 Å². The molecule has 1 unspecified atom stereocenters. The minimum atomic E-state index is -0.912. The Balaban J connectivity index is 1.75. The molecule has 3 nitrogen and oxygen atoms in total. The Hall–Kier alpha value is -2.56. The van der Waals surface area contributed by atoms with Crippen LogP contribution in [0.1, 0.15) is 36.6 Å². The summed E-state index contributed by atoms with van der Waals surface area (Å²) < 4.78 is 0. The smallest absolute Gasteiger partial charge is 0.232 e. The average molecular weight is 404 g/mol. The lowest BCUT2D eigenvalue weighted by Gasteiger charge is -2.38. The van der Waals surface area contributed by atoms with Crippen LogP contribution in [0.5, 0.6) is 0 Å². The number of carbonyl (C=O) groups is 1. The van der Waals surface area contributed by atoms with E-state index >= 15 is 0 Å². The maximum Gasteiger partial charge on any atom is 0.232 e.